The summed E-state index contributed by atoms with van der Waals surface area (Å²) in [4.78, 5) is 7.05. The number of phenolic OH excluding ortho intramolecular Hbond substituents is 2. The first-order chi connectivity index (χ1) is 19.7. The van der Waals surface area contributed by atoms with Crippen molar-refractivity contribution in [2.75, 3.05) is 4.90 Å². The fourth-order valence-electron chi connectivity index (χ4n) is 5.62. The number of para-hydroxylation sites is 1. The van der Waals surface area contributed by atoms with Gasteiger partial charge in [0.1, 0.15) is 11.5 Å². The van der Waals surface area contributed by atoms with E-state index in [1.54, 1.807) is 0 Å². The van der Waals surface area contributed by atoms with Crippen LogP contribution in [0.1, 0.15) is 116 Å². The largest absolute Gasteiger partial charge is 0.507 e. The first kappa shape index (κ1) is 32.4. The zero-order chi connectivity index (χ0) is 32.1. The lowest BCUT2D eigenvalue weighted by Gasteiger charge is -2.32. The molecule has 4 heteroatoms. The molecule has 0 fully saturated rings. The highest BCUT2D eigenvalue weighted by atomic mass is 16.3. The molecule has 0 amide bonds. The molecular weight excluding hydrogens is 528 g/mol. The van der Waals surface area contributed by atoms with Crippen LogP contribution in [0, 0.1) is 0 Å². The van der Waals surface area contributed by atoms with Gasteiger partial charge in [-0.2, -0.15) is 0 Å². The maximum atomic E-state index is 11.8. The van der Waals surface area contributed by atoms with E-state index in [9.17, 15) is 10.2 Å². The van der Waals surface area contributed by atoms with Gasteiger partial charge >= 0.3 is 0 Å². The molecule has 1 aromatic heterocycles. The van der Waals surface area contributed by atoms with Gasteiger partial charge < -0.3 is 15.1 Å². The van der Waals surface area contributed by atoms with Crippen LogP contribution in [0.5, 0.6) is 11.5 Å². The fraction of sp³-hybridized carbons (Fsp3) is 0.462. The quantitative estimate of drug-likeness (QED) is 0.247. The van der Waals surface area contributed by atoms with E-state index in [0.29, 0.717) is 24.6 Å². The molecule has 4 nitrogen and oxygen atoms in total. The van der Waals surface area contributed by atoms with Gasteiger partial charge in [-0.15, -0.1) is 0 Å². The number of hydrogen-bond donors (Lipinski definition) is 2. The molecule has 43 heavy (non-hydrogen) atoms. The number of aromatic nitrogens is 1. The maximum absolute atomic E-state index is 11.8. The molecule has 0 aliphatic carbocycles. The summed E-state index contributed by atoms with van der Waals surface area (Å²) in [5, 5.41) is 24.6. The van der Waals surface area contributed by atoms with Crippen molar-refractivity contribution in [3.05, 3.63) is 94.2 Å². The topological polar surface area (TPSA) is 56.6 Å². The Hall–Kier alpha value is -3.53. The van der Waals surface area contributed by atoms with Gasteiger partial charge in [-0.25, -0.2) is 0 Å². The Morgan fingerprint density at radius 1 is 0.581 bits per heavy atom. The molecule has 0 atom stereocenters. The molecule has 0 radical (unpaired) electrons. The molecule has 0 saturated carbocycles. The van der Waals surface area contributed by atoms with Gasteiger partial charge in [0.25, 0.3) is 0 Å². The highest BCUT2D eigenvalue weighted by molar-refractivity contribution is 5.90. The van der Waals surface area contributed by atoms with Gasteiger partial charge in [0.15, 0.2) is 0 Å². The third kappa shape index (κ3) is 7.00. The van der Waals surface area contributed by atoms with E-state index in [1.165, 1.54) is 11.1 Å². The number of hydrogen-bond acceptors (Lipinski definition) is 4. The minimum absolute atomic E-state index is 0.0881. The highest BCUT2D eigenvalue weighted by Gasteiger charge is 2.29. The molecule has 0 aliphatic rings. The van der Waals surface area contributed by atoms with Crippen LogP contribution in [0.15, 0.2) is 60.8 Å². The zero-order valence-electron chi connectivity index (χ0n) is 28.5. The van der Waals surface area contributed by atoms with Crippen LogP contribution >= 0.6 is 0 Å². The average molecular weight is 581 g/mol. The fourth-order valence-corrected chi connectivity index (χ4v) is 5.62. The van der Waals surface area contributed by atoms with Gasteiger partial charge in [-0.1, -0.05) is 113 Å². The van der Waals surface area contributed by atoms with E-state index >= 15 is 0 Å². The van der Waals surface area contributed by atoms with Crippen LogP contribution in [0.25, 0.3) is 10.9 Å². The molecule has 0 spiro atoms. The number of phenols is 2. The van der Waals surface area contributed by atoms with Crippen molar-refractivity contribution in [3.8, 4) is 11.5 Å². The summed E-state index contributed by atoms with van der Waals surface area (Å²) in [5.74, 6) is 0.670. The van der Waals surface area contributed by atoms with Crippen molar-refractivity contribution in [3.63, 3.8) is 0 Å². The maximum Gasteiger partial charge on any atom is 0.124 e. The Morgan fingerprint density at radius 3 is 1.44 bits per heavy atom. The van der Waals surface area contributed by atoms with Gasteiger partial charge in [0, 0.05) is 35.8 Å². The molecule has 1 heterocycles. The van der Waals surface area contributed by atoms with E-state index in [0.717, 1.165) is 38.8 Å². The van der Waals surface area contributed by atoms with Gasteiger partial charge in [-0.3, -0.25) is 4.98 Å². The lowest BCUT2D eigenvalue weighted by atomic mass is 9.78. The normalized spacial score (nSPS) is 13.0. The van der Waals surface area contributed by atoms with Crippen molar-refractivity contribution < 1.29 is 10.2 Å². The Labute approximate surface area is 259 Å². The molecular formula is C39H52N2O2. The lowest BCUT2D eigenvalue weighted by molar-refractivity contribution is 0.434. The zero-order valence-corrected chi connectivity index (χ0v) is 28.5. The number of pyridine rings is 1. The van der Waals surface area contributed by atoms with Gasteiger partial charge in [-0.05, 0) is 68.2 Å². The number of aromatic hydroxyl groups is 2. The third-order valence-corrected chi connectivity index (χ3v) is 8.40. The Kier molecular flexibility index (Phi) is 8.43. The first-order valence-electron chi connectivity index (χ1n) is 15.5. The Morgan fingerprint density at radius 2 is 1.02 bits per heavy atom. The van der Waals surface area contributed by atoms with Crippen molar-refractivity contribution in [2.45, 2.75) is 118 Å². The summed E-state index contributed by atoms with van der Waals surface area (Å²) in [6.45, 7) is 27.1. The Balaban J connectivity index is 1.98. The molecule has 2 N–H and O–H groups in total. The number of anilines is 1. The van der Waals surface area contributed by atoms with E-state index < -0.39 is 0 Å². The van der Waals surface area contributed by atoms with Crippen LogP contribution in [-0.2, 0) is 34.7 Å². The van der Waals surface area contributed by atoms with Gasteiger partial charge in [0.2, 0.25) is 0 Å². The molecule has 0 saturated heterocycles. The summed E-state index contributed by atoms with van der Waals surface area (Å²) < 4.78 is 0. The molecule has 0 bridgehead atoms. The first-order valence-corrected chi connectivity index (χ1v) is 15.5. The smallest absolute Gasteiger partial charge is 0.124 e. The van der Waals surface area contributed by atoms with Crippen molar-refractivity contribution in [2.24, 2.45) is 0 Å². The number of benzene rings is 3. The second-order valence-electron chi connectivity index (χ2n) is 16.3. The second-order valence-corrected chi connectivity index (χ2v) is 16.3. The predicted molar refractivity (Wildman–Crippen MR) is 183 cm³/mol. The van der Waals surface area contributed by atoms with E-state index in [2.05, 4.69) is 137 Å². The van der Waals surface area contributed by atoms with E-state index in [-0.39, 0.29) is 21.7 Å². The number of nitrogens with zero attached hydrogens (tertiary/aromatic N) is 2. The SMILES string of the molecule is CC(C)(C)c1cc(CN(Cc2cc(C(C)(C)C)cc(C(C)(C)C)c2O)c2cccc3cccnc23)c(O)c(C(C)(C)C)c1. The van der Waals surface area contributed by atoms with Crippen molar-refractivity contribution in [1.29, 1.82) is 0 Å². The Bertz CT molecular complexity index is 1530. The molecule has 4 aromatic rings. The monoisotopic (exact) mass is 580 g/mol. The number of rotatable bonds is 5. The van der Waals surface area contributed by atoms with Crippen LogP contribution in [0.2, 0.25) is 0 Å². The number of fused-ring (bicyclic) bond motifs is 1. The summed E-state index contributed by atoms with van der Waals surface area (Å²) in [6, 6.07) is 18.9. The second kappa shape index (κ2) is 11.2. The highest BCUT2D eigenvalue weighted by Crippen LogP contribution is 2.42. The molecule has 230 valence electrons. The molecule has 4 rings (SSSR count). The molecule has 0 aliphatic heterocycles. The van der Waals surface area contributed by atoms with Crippen LogP contribution < -0.4 is 4.90 Å². The lowest BCUT2D eigenvalue weighted by Crippen LogP contribution is -2.25. The molecule has 3 aromatic carbocycles. The summed E-state index contributed by atoms with van der Waals surface area (Å²) in [7, 11) is 0. The van der Waals surface area contributed by atoms with Crippen LogP contribution in [0.4, 0.5) is 5.69 Å². The summed E-state index contributed by atoms with van der Waals surface area (Å²) in [5.41, 5.74) is 7.23. The standard InChI is InChI=1S/C39H52N2O2/c1-36(2,3)28-19-26(34(42)30(21-28)38(7,8)9)23-41(32-17-13-15-25-16-14-18-40-33(25)32)24-27-20-29(37(4,5)6)22-31(35(27)43)39(10,11)12/h13-22,42-43H,23-24H2,1-12H3. The van der Waals surface area contributed by atoms with Crippen molar-refractivity contribution in [1.82, 2.24) is 4.98 Å². The average Bonchev–Trinajstić information content (AvgIpc) is 2.87. The predicted octanol–water partition coefficient (Wildman–Crippen LogP) is 10.0. The molecule has 0 unspecified atom stereocenters. The summed E-state index contributed by atoms with van der Waals surface area (Å²) >= 11 is 0. The minimum atomic E-state index is -0.229. The van der Waals surface area contributed by atoms with Gasteiger partial charge in [0.05, 0.1) is 11.2 Å². The minimum Gasteiger partial charge on any atom is -0.507 e. The van der Waals surface area contributed by atoms with E-state index in [4.69, 9.17) is 4.98 Å². The third-order valence-electron chi connectivity index (χ3n) is 8.40. The summed E-state index contributed by atoms with van der Waals surface area (Å²) in [6.07, 6.45) is 1.83. The van der Waals surface area contributed by atoms with Crippen LogP contribution in [0.3, 0.4) is 0 Å². The van der Waals surface area contributed by atoms with E-state index in [1.807, 2.05) is 12.3 Å². The van der Waals surface area contributed by atoms with Crippen LogP contribution in [-0.4, -0.2) is 15.2 Å². The van der Waals surface area contributed by atoms with Crippen molar-refractivity contribution >= 4 is 16.6 Å².